The van der Waals surface area contributed by atoms with Gasteiger partial charge in [0, 0.05) is 10.0 Å². The average molecular weight is 617 g/mol. The van der Waals surface area contributed by atoms with Crippen LogP contribution in [-0.2, 0) is 21.5 Å². The molecule has 0 saturated carbocycles. The Labute approximate surface area is 237 Å². The fourth-order valence-electron chi connectivity index (χ4n) is 3.38. The highest BCUT2D eigenvalue weighted by molar-refractivity contribution is 8.18. The number of halogens is 4. The number of carbonyl (C=O) groups excluding carboxylic acids is 2. The minimum absolute atomic E-state index is 0.0149. The van der Waals surface area contributed by atoms with E-state index < -0.39 is 27.1 Å². The normalized spacial score (nSPS) is 14.9. The first-order valence-electron chi connectivity index (χ1n) is 10.8. The zero-order chi connectivity index (χ0) is 27.6. The Morgan fingerprint density at radius 2 is 1.71 bits per heavy atom. The van der Waals surface area contributed by atoms with E-state index in [0.717, 1.165) is 11.0 Å². The highest BCUT2D eigenvalue weighted by atomic mass is 35.5. The first-order valence-corrected chi connectivity index (χ1v) is 14.2. The maximum Gasteiger partial charge on any atom is 0.339 e. The van der Waals surface area contributed by atoms with Crippen molar-refractivity contribution < 1.29 is 31.3 Å². The number of hydrogen-bond acceptors (Lipinski definition) is 7. The number of imide groups is 1. The van der Waals surface area contributed by atoms with Gasteiger partial charge in [0.25, 0.3) is 11.1 Å². The zero-order valence-electron chi connectivity index (χ0n) is 19.4. The Balaban J connectivity index is 1.62. The Bertz CT molecular complexity index is 1560. The van der Waals surface area contributed by atoms with Gasteiger partial charge in [-0.05, 0) is 84.4 Å². The predicted octanol–water partition coefficient (Wildman–Crippen LogP) is 7.19. The highest BCUT2D eigenvalue weighted by Crippen LogP contribution is 2.41. The molecule has 13 heteroatoms. The van der Waals surface area contributed by atoms with Crippen molar-refractivity contribution in [3.63, 3.8) is 0 Å². The van der Waals surface area contributed by atoms with Crippen LogP contribution in [0.4, 0.5) is 9.18 Å². The summed E-state index contributed by atoms with van der Waals surface area (Å²) in [5.41, 5.74) is 0.765. The third-order valence-electron chi connectivity index (χ3n) is 5.14. The van der Waals surface area contributed by atoms with Gasteiger partial charge < -0.3 is 8.92 Å². The quantitative estimate of drug-likeness (QED) is 0.195. The fourth-order valence-corrected chi connectivity index (χ4v) is 5.83. The van der Waals surface area contributed by atoms with Crippen LogP contribution in [0, 0.1) is 5.82 Å². The van der Waals surface area contributed by atoms with Gasteiger partial charge in [-0.15, -0.1) is 0 Å². The molecule has 0 radical (unpaired) electrons. The lowest BCUT2D eigenvalue weighted by Gasteiger charge is -2.15. The molecule has 0 aromatic heterocycles. The van der Waals surface area contributed by atoms with E-state index in [1.807, 2.05) is 0 Å². The molecule has 1 aliphatic rings. The van der Waals surface area contributed by atoms with E-state index in [9.17, 15) is 22.4 Å². The molecule has 38 heavy (non-hydrogen) atoms. The topological polar surface area (TPSA) is 90.0 Å². The van der Waals surface area contributed by atoms with Crippen LogP contribution in [0.25, 0.3) is 6.08 Å². The fraction of sp³-hybridized carbons (Fsp3) is 0.120. The van der Waals surface area contributed by atoms with Gasteiger partial charge in [0.15, 0.2) is 5.75 Å². The molecule has 0 unspecified atom stereocenters. The van der Waals surface area contributed by atoms with Gasteiger partial charge in [-0.2, -0.15) is 8.42 Å². The molecule has 0 atom stereocenters. The van der Waals surface area contributed by atoms with Gasteiger partial charge in [0.1, 0.15) is 10.7 Å². The monoisotopic (exact) mass is 615 g/mol. The Hall–Kier alpha value is -2.76. The second-order valence-corrected chi connectivity index (χ2v) is 11.5. The number of nitrogens with zero attached hydrogens (tertiary/aromatic N) is 1. The van der Waals surface area contributed by atoms with Gasteiger partial charge in [0.2, 0.25) is 5.75 Å². The smallest absolute Gasteiger partial charge is 0.339 e. The second kappa shape index (κ2) is 11.5. The lowest BCUT2D eigenvalue weighted by atomic mass is 10.1. The standard InChI is InChI=1S/C25H17Cl3FNO6S2/c1-2-35-21-10-14(9-20(28)23(21)36-38(33,34)18-7-4-16(26)5-8-18)11-22-24(31)30(25(32)37-22)13-15-3-6-17(29)12-19(15)27/h3-12H,2,13H2,1H3/b22-11-. The summed E-state index contributed by atoms with van der Waals surface area (Å²) in [5, 5.41) is -0.194. The van der Waals surface area contributed by atoms with Crippen LogP contribution in [0.1, 0.15) is 18.1 Å². The molecule has 3 aromatic carbocycles. The van der Waals surface area contributed by atoms with Crippen molar-refractivity contribution in [2.75, 3.05) is 6.61 Å². The van der Waals surface area contributed by atoms with E-state index in [2.05, 4.69) is 0 Å². The molecule has 2 amide bonds. The molecule has 0 bridgehead atoms. The van der Waals surface area contributed by atoms with E-state index in [4.69, 9.17) is 43.7 Å². The molecular formula is C25H17Cl3FNO6S2. The molecule has 0 N–H and O–H groups in total. The van der Waals surface area contributed by atoms with E-state index in [0.29, 0.717) is 27.9 Å². The van der Waals surface area contributed by atoms with Gasteiger partial charge in [0.05, 0.1) is 23.1 Å². The van der Waals surface area contributed by atoms with Crippen LogP contribution in [0.15, 0.2) is 64.4 Å². The third-order valence-corrected chi connectivity index (χ3v) is 8.17. The Morgan fingerprint density at radius 3 is 2.37 bits per heavy atom. The Kier molecular flexibility index (Phi) is 8.59. The molecule has 7 nitrogen and oxygen atoms in total. The molecule has 4 rings (SSSR count). The molecule has 198 valence electrons. The number of rotatable bonds is 8. The van der Waals surface area contributed by atoms with Crippen molar-refractivity contribution in [3.8, 4) is 11.5 Å². The Morgan fingerprint density at radius 1 is 1.00 bits per heavy atom. The summed E-state index contributed by atoms with van der Waals surface area (Å²) in [4.78, 5) is 26.4. The van der Waals surface area contributed by atoms with Crippen molar-refractivity contribution in [2.24, 2.45) is 0 Å². The molecule has 1 fully saturated rings. The van der Waals surface area contributed by atoms with E-state index >= 15 is 0 Å². The largest absolute Gasteiger partial charge is 0.490 e. The third kappa shape index (κ3) is 6.27. The van der Waals surface area contributed by atoms with Crippen LogP contribution in [-0.4, -0.2) is 31.1 Å². The first-order chi connectivity index (χ1) is 18.0. The van der Waals surface area contributed by atoms with E-state index in [-0.39, 0.29) is 44.5 Å². The van der Waals surface area contributed by atoms with Crippen LogP contribution in [0.2, 0.25) is 15.1 Å². The number of amides is 2. The van der Waals surface area contributed by atoms with Gasteiger partial charge >= 0.3 is 10.1 Å². The minimum atomic E-state index is -4.27. The summed E-state index contributed by atoms with van der Waals surface area (Å²) >= 11 is 18.9. The lowest BCUT2D eigenvalue weighted by Crippen LogP contribution is -2.27. The van der Waals surface area contributed by atoms with Crippen molar-refractivity contribution in [1.29, 1.82) is 0 Å². The minimum Gasteiger partial charge on any atom is -0.490 e. The number of benzene rings is 3. The van der Waals surface area contributed by atoms with Gasteiger partial charge in [-0.3, -0.25) is 14.5 Å². The van der Waals surface area contributed by atoms with Gasteiger partial charge in [-0.1, -0.05) is 40.9 Å². The molecule has 3 aromatic rings. The number of carbonyl (C=O) groups is 2. The van der Waals surface area contributed by atoms with Crippen LogP contribution in [0.3, 0.4) is 0 Å². The predicted molar refractivity (Wildman–Crippen MR) is 145 cm³/mol. The zero-order valence-corrected chi connectivity index (χ0v) is 23.3. The number of ether oxygens (including phenoxy) is 1. The summed E-state index contributed by atoms with van der Waals surface area (Å²) in [6.45, 7) is 1.71. The number of thioether (sulfide) groups is 1. The lowest BCUT2D eigenvalue weighted by molar-refractivity contribution is -0.123. The maximum absolute atomic E-state index is 13.3. The second-order valence-electron chi connectivity index (χ2n) is 7.76. The SMILES string of the molecule is CCOc1cc(/C=C2\SC(=O)N(Cc3ccc(F)cc3Cl)C2=O)cc(Cl)c1OS(=O)(=O)c1ccc(Cl)cc1. The first kappa shape index (κ1) is 28.3. The number of hydrogen-bond donors (Lipinski definition) is 0. The molecule has 0 spiro atoms. The van der Waals surface area contributed by atoms with Crippen molar-refractivity contribution in [2.45, 2.75) is 18.4 Å². The summed E-state index contributed by atoms with van der Waals surface area (Å²) in [7, 11) is -4.27. The van der Waals surface area contributed by atoms with Crippen LogP contribution < -0.4 is 8.92 Å². The highest BCUT2D eigenvalue weighted by Gasteiger charge is 2.35. The molecule has 1 heterocycles. The summed E-state index contributed by atoms with van der Waals surface area (Å²) < 4.78 is 49.7. The van der Waals surface area contributed by atoms with Crippen molar-refractivity contribution in [3.05, 3.63) is 91.5 Å². The van der Waals surface area contributed by atoms with Crippen molar-refractivity contribution >= 4 is 73.9 Å². The molecule has 0 aliphatic carbocycles. The summed E-state index contributed by atoms with van der Waals surface area (Å²) in [6, 6.07) is 11.9. The molecule has 1 saturated heterocycles. The maximum atomic E-state index is 13.3. The van der Waals surface area contributed by atoms with Crippen LogP contribution >= 0.6 is 46.6 Å². The van der Waals surface area contributed by atoms with Crippen molar-refractivity contribution in [1.82, 2.24) is 4.90 Å². The summed E-state index contributed by atoms with van der Waals surface area (Å²) in [5.74, 6) is -1.34. The average Bonchev–Trinajstić information content (AvgIpc) is 3.10. The van der Waals surface area contributed by atoms with Crippen LogP contribution in [0.5, 0.6) is 11.5 Å². The summed E-state index contributed by atoms with van der Waals surface area (Å²) in [6.07, 6.45) is 1.42. The molecular weight excluding hydrogens is 600 g/mol. The van der Waals surface area contributed by atoms with Gasteiger partial charge in [-0.25, -0.2) is 4.39 Å². The molecule has 1 aliphatic heterocycles. The van der Waals surface area contributed by atoms with E-state index in [1.165, 1.54) is 54.6 Å². The van der Waals surface area contributed by atoms with E-state index in [1.54, 1.807) is 6.92 Å².